The van der Waals surface area contributed by atoms with E-state index in [1.54, 1.807) is 30.7 Å². The molecule has 2 aromatic heterocycles. The summed E-state index contributed by atoms with van der Waals surface area (Å²) >= 11 is 0. The normalized spacial score (nSPS) is 17.3. The predicted molar refractivity (Wildman–Crippen MR) is 144 cm³/mol. The molecule has 0 aliphatic carbocycles. The van der Waals surface area contributed by atoms with Crippen LogP contribution in [0.5, 0.6) is 5.88 Å². The molecular weight excluding hydrogens is 504 g/mol. The second-order valence-corrected chi connectivity index (χ2v) is 11.2. The van der Waals surface area contributed by atoms with E-state index in [0.29, 0.717) is 18.0 Å². The molecule has 1 amide bonds. The molecule has 194 valence electrons. The van der Waals surface area contributed by atoms with Crippen molar-refractivity contribution in [3.05, 3.63) is 66.6 Å². The van der Waals surface area contributed by atoms with Gasteiger partial charge in [0.05, 0.1) is 17.5 Å². The van der Waals surface area contributed by atoms with Gasteiger partial charge in [-0.1, -0.05) is 12.1 Å². The minimum atomic E-state index is -4.04. The molecule has 0 atom stereocenters. The van der Waals surface area contributed by atoms with Crippen molar-refractivity contribution < 1.29 is 17.9 Å². The van der Waals surface area contributed by atoms with Gasteiger partial charge in [0.1, 0.15) is 17.8 Å². The topological polar surface area (TPSA) is 126 Å². The van der Waals surface area contributed by atoms with Gasteiger partial charge in [-0.25, -0.2) is 23.4 Å². The molecule has 8 bridgehead atoms. The molecule has 7 rings (SSSR count). The van der Waals surface area contributed by atoms with E-state index in [2.05, 4.69) is 29.9 Å². The number of piperidine rings is 1. The number of carbonyl (C=O) groups is 1. The average molecular weight is 531 g/mol. The lowest BCUT2D eigenvalue weighted by Crippen LogP contribution is -2.39. The number of ether oxygens (including phenoxy) is 1. The first-order chi connectivity index (χ1) is 18.4. The summed E-state index contributed by atoms with van der Waals surface area (Å²) < 4.78 is 34.6. The molecule has 10 nitrogen and oxygen atoms in total. The monoisotopic (exact) mass is 530 g/mol. The number of amides is 1. The Bertz CT molecular complexity index is 1650. The third-order valence-corrected chi connectivity index (χ3v) is 8.47. The quantitative estimate of drug-likeness (QED) is 0.383. The van der Waals surface area contributed by atoms with Gasteiger partial charge in [-0.05, 0) is 60.7 Å². The minimum absolute atomic E-state index is 0.0312. The van der Waals surface area contributed by atoms with Crippen molar-refractivity contribution in [2.75, 3.05) is 36.4 Å². The lowest BCUT2D eigenvalue weighted by atomic mass is 9.96. The fourth-order valence-electron chi connectivity index (χ4n) is 5.02. The Morgan fingerprint density at radius 3 is 2.63 bits per heavy atom. The molecule has 3 aliphatic heterocycles. The molecule has 3 aliphatic rings. The van der Waals surface area contributed by atoms with E-state index in [1.807, 2.05) is 18.2 Å². The van der Waals surface area contributed by atoms with Gasteiger partial charge in [0.2, 0.25) is 5.88 Å². The van der Waals surface area contributed by atoms with Gasteiger partial charge in [-0.3, -0.25) is 9.52 Å². The van der Waals surface area contributed by atoms with Crippen molar-refractivity contribution >= 4 is 38.3 Å². The summed E-state index contributed by atoms with van der Waals surface area (Å²) in [5.74, 6) is 0.993. The molecule has 2 N–H and O–H groups in total. The number of carbonyl (C=O) groups excluding carboxylic acids is 1. The van der Waals surface area contributed by atoms with E-state index < -0.39 is 10.0 Å². The Kier molecular flexibility index (Phi) is 6.07. The Morgan fingerprint density at radius 1 is 0.974 bits per heavy atom. The number of benzene rings is 2. The van der Waals surface area contributed by atoms with Crippen LogP contribution in [0.1, 0.15) is 23.2 Å². The number of anilines is 2. The Morgan fingerprint density at radius 2 is 1.82 bits per heavy atom. The molecule has 0 unspecified atom stereocenters. The highest BCUT2D eigenvalue weighted by Gasteiger charge is 2.24. The van der Waals surface area contributed by atoms with Crippen molar-refractivity contribution in [1.82, 2.24) is 20.3 Å². The standard InChI is InChI=1S/C27H26N6O4S/c1-37-27-24-13-20(15-29-27)18-5-6-23-22(12-18)25(31-16-30-23)33-9-7-17(8-10-33)14-28-26(34)19-3-2-4-21(11-19)38(35,36)32-24/h2-6,11-13,15-17,32H,7-10,14H2,1H3,(H,28,34). The fourth-order valence-corrected chi connectivity index (χ4v) is 6.11. The lowest BCUT2D eigenvalue weighted by Gasteiger charge is -2.33. The Labute approximate surface area is 220 Å². The SMILES string of the molecule is COc1ncc2cc1NS(=O)(=O)c1cccc(c1)C(=O)NCC1CCN(CC1)c1ncnc3ccc-2cc13. The van der Waals surface area contributed by atoms with Crippen molar-refractivity contribution in [3.63, 3.8) is 0 Å². The molecule has 5 heterocycles. The van der Waals surface area contributed by atoms with Gasteiger partial charge < -0.3 is 15.0 Å². The maximum atomic E-state index is 13.3. The van der Waals surface area contributed by atoms with Crippen LogP contribution in [0.4, 0.5) is 11.5 Å². The molecule has 38 heavy (non-hydrogen) atoms. The van der Waals surface area contributed by atoms with E-state index in [-0.39, 0.29) is 27.9 Å². The smallest absolute Gasteiger partial charge is 0.262 e. The van der Waals surface area contributed by atoms with E-state index >= 15 is 0 Å². The van der Waals surface area contributed by atoms with E-state index in [4.69, 9.17) is 4.74 Å². The van der Waals surface area contributed by atoms with Crippen LogP contribution < -0.4 is 19.7 Å². The highest BCUT2D eigenvalue weighted by Crippen LogP contribution is 2.34. The molecule has 0 spiro atoms. The Hall–Kier alpha value is -4.25. The van der Waals surface area contributed by atoms with E-state index in [0.717, 1.165) is 48.2 Å². The van der Waals surface area contributed by atoms with Crippen molar-refractivity contribution in [3.8, 4) is 17.0 Å². The summed E-state index contributed by atoms with van der Waals surface area (Å²) in [5, 5.41) is 3.88. The van der Waals surface area contributed by atoms with Gasteiger partial charge >= 0.3 is 0 Å². The molecule has 1 fully saturated rings. The third-order valence-electron chi connectivity index (χ3n) is 7.11. The summed E-state index contributed by atoms with van der Waals surface area (Å²) in [6, 6.07) is 13.5. The number of hydrogen-bond acceptors (Lipinski definition) is 8. The van der Waals surface area contributed by atoms with Crippen LogP contribution in [0.15, 0.2) is 66.0 Å². The number of fused-ring (bicyclic) bond motifs is 5. The van der Waals surface area contributed by atoms with Gasteiger partial charge in [0.15, 0.2) is 0 Å². The summed E-state index contributed by atoms with van der Waals surface area (Å²) in [4.78, 5) is 28.5. The number of methoxy groups -OCH3 is 1. The predicted octanol–water partition coefficient (Wildman–Crippen LogP) is 3.46. The Balaban J connectivity index is 1.50. The van der Waals surface area contributed by atoms with Crippen LogP contribution in [-0.4, -0.2) is 56.0 Å². The zero-order valence-corrected chi connectivity index (χ0v) is 21.5. The van der Waals surface area contributed by atoms with E-state index in [1.165, 1.54) is 19.2 Å². The minimum Gasteiger partial charge on any atom is -0.480 e. The van der Waals surface area contributed by atoms with Gasteiger partial charge in [-0.15, -0.1) is 0 Å². The zero-order valence-electron chi connectivity index (χ0n) is 20.7. The van der Waals surface area contributed by atoms with Gasteiger partial charge in [0.25, 0.3) is 15.9 Å². The second kappa shape index (κ2) is 9.56. The van der Waals surface area contributed by atoms with Crippen LogP contribution in [-0.2, 0) is 10.0 Å². The summed E-state index contributed by atoms with van der Waals surface area (Å²) in [7, 11) is -2.62. The number of aromatic nitrogens is 3. The lowest BCUT2D eigenvalue weighted by molar-refractivity contribution is 0.0944. The van der Waals surface area contributed by atoms with Crippen LogP contribution in [0.3, 0.4) is 0 Å². The van der Waals surface area contributed by atoms with Gasteiger partial charge in [-0.2, -0.15) is 0 Å². The first kappa shape index (κ1) is 24.1. The first-order valence-corrected chi connectivity index (χ1v) is 13.8. The van der Waals surface area contributed by atoms with Crippen molar-refractivity contribution in [2.45, 2.75) is 17.7 Å². The fraction of sp³-hybridized carbons (Fsp3) is 0.259. The zero-order chi connectivity index (χ0) is 26.3. The van der Waals surface area contributed by atoms with Crippen LogP contribution in [0.2, 0.25) is 0 Å². The largest absolute Gasteiger partial charge is 0.480 e. The number of nitrogens with zero attached hydrogens (tertiary/aromatic N) is 4. The summed E-state index contributed by atoms with van der Waals surface area (Å²) in [6.45, 7) is 2.14. The highest BCUT2D eigenvalue weighted by atomic mass is 32.2. The number of rotatable bonds is 1. The number of pyridine rings is 1. The van der Waals surface area contributed by atoms with Crippen molar-refractivity contribution in [2.24, 2.45) is 5.92 Å². The average Bonchev–Trinajstić information content (AvgIpc) is 2.95. The molecular formula is C27H26N6O4S. The number of hydrogen-bond donors (Lipinski definition) is 2. The molecule has 11 heteroatoms. The van der Waals surface area contributed by atoms with Crippen LogP contribution in [0.25, 0.3) is 22.0 Å². The highest BCUT2D eigenvalue weighted by molar-refractivity contribution is 7.92. The third kappa shape index (κ3) is 4.49. The summed E-state index contributed by atoms with van der Waals surface area (Å²) in [5.41, 5.74) is 2.82. The second-order valence-electron chi connectivity index (χ2n) is 9.48. The molecule has 1 saturated heterocycles. The number of nitrogens with one attached hydrogen (secondary N) is 2. The maximum absolute atomic E-state index is 13.3. The summed E-state index contributed by atoms with van der Waals surface area (Å²) in [6.07, 6.45) is 5.01. The molecule has 0 radical (unpaired) electrons. The maximum Gasteiger partial charge on any atom is 0.262 e. The van der Waals surface area contributed by atoms with Gasteiger partial charge in [0, 0.05) is 42.3 Å². The first-order valence-electron chi connectivity index (χ1n) is 12.4. The number of sulfonamides is 1. The molecule has 4 aromatic rings. The molecule has 0 saturated carbocycles. The van der Waals surface area contributed by atoms with Crippen molar-refractivity contribution in [1.29, 1.82) is 0 Å². The van der Waals surface area contributed by atoms with E-state index in [9.17, 15) is 13.2 Å². The molecule has 2 aromatic carbocycles. The van der Waals surface area contributed by atoms with Crippen LogP contribution in [0, 0.1) is 5.92 Å². The van der Waals surface area contributed by atoms with Crippen LogP contribution >= 0.6 is 0 Å².